The maximum atomic E-state index is 13.6. The van der Waals surface area contributed by atoms with Crippen LogP contribution in [-0.4, -0.2) is 58.7 Å². The largest absolute Gasteiger partial charge is 0.379 e. The highest BCUT2D eigenvalue weighted by molar-refractivity contribution is 5.93. The third-order valence-electron chi connectivity index (χ3n) is 7.13. The van der Waals surface area contributed by atoms with E-state index in [4.69, 9.17) is 4.74 Å². The first-order chi connectivity index (χ1) is 16.7. The van der Waals surface area contributed by atoms with Gasteiger partial charge in [0.15, 0.2) is 0 Å². The van der Waals surface area contributed by atoms with Crippen LogP contribution in [0.2, 0.25) is 0 Å². The van der Waals surface area contributed by atoms with Gasteiger partial charge in [-0.15, -0.1) is 0 Å². The molecule has 34 heavy (non-hydrogen) atoms. The number of fused-ring (bicyclic) bond motifs is 1. The number of ether oxygens (including phenoxy) is 1. The number of morpholine rings is 1. The van der Waals surface area contributed by atoms with Gasteiger partial charge in [-0.3, -0.25) is 14.5 Å². The fraction of sp³-hybridized carbons (Fsp3) is 0.481. The van der Waals surface area contributed by atoms with Gasteiger partial charge < -0.3 is 19.0 Å². The van der Waals surface area contributed by atoms with Crippen molar-refractivity contribution in [3.05, 3.63) is 64.7 Å². The van der Waals surface area contributed by atoms with E-state index in [0.717, 1.165) is 76.2 Å². The van der Waals surface area contributed by atoms with Crippen LogP contribution in [0.4, 0.5) is 0 Å². The van der Waals surface area contributed by atoms with E-state index in [-0.39, 0.29) is 17.5 Å². The lowest BCUT2D eigenvalue weighted by atomic mass is 9.95. The van der Waals surface area contributed by atoms with Gasteiger partial charge in [0.2, 0.25) is 0 Å². The zero-order valence-corrected chi connectivity index (χ0v) is 19.7. The molecule has 180 valence electrons. The zero-order chi connectivity index (χ0) is 23.3. The lowest BCUT2D eigenvalue weighted by molar-refractivity contribution is 0.0369. The molecule has 0 spiro atoms. The van der Waals surface area contributed by atoms with Gasteiger partial charge >= 0.3 is 0 Å². The molecule has 1 saturated carbocycles. The van der Waals surface area contributed by atoms with Crippen LogP contribution in [0, 0.1) is 0 Å². The summed E-state index contributed by atoms with van der Waals surface area (Å²) >= 11 is 0. The summed E-state index contributed by atoms with van der Waals surface area (Å²) in [5, 5.41) is 3.22. The predicted molar refractivity (Wildman–Crippen MR) is 133 cm³/mol. The molecule has 3 aromatic rings. The van der Waals surface area contributed by atoms with Crippen LogP contribution < -0.4 is 10.9 Å². The fourth-order valence-electron chi connectivity index (χ4n) is 5.23. The molecule has 2 aliphatic rings. The van der Waals surface area contributed by atoms with Crippen LogP contribution in [0.1, 0.15) is 49.0 Å². The second kappa shape index (κ2) is 10.6. The van der Waals surface area contributed by atoms with E-state index in [1.807, 2.05) is 53.1 Å². The van der Waals surface area contributed by atoms with Gasteiger partial charge in [0.25, 0.3) is 11.5 Å². The van der Waals surface area contributed by atoms with Crippen molar-refractivity contribution in [3.63, 3.8) is 0 Å². The molecule has 1 aliphatic heterocycles. The molecule has 0 atom stereocenters. The van der Waals surface area contributed by atoms with Gasteiger partial charge in [-0.05, 0) is 37.0 Å². The summed E-state index contributed by atoms with van der Waals surface area (Å²) in [6, 6.07) is 14.0. The molecular formula is C27H34N4O3. The van der Waals surface area contributed by atoms with Crippen LogP contribution in [0.3, 0.4) is 0 Å². The van der Waals surface area contributed by atoms with Crippen LogP contribution in [0.5, 0.6) is 0 Å². The van der Waals surface area contributed by atoms with Gasteiger partial charge in [-0.1, -0.05) is 49.6 Å². The van der Waals surface area contributed by atoms with E-state index in [0.29, 0.717) is 17.8 Å². The minimum Gasteiger partial charge on any atom is -0.379 e. The first-order valence-corrected chi connectivity index (χ1v) is 12.6. The molecule has 5 rings (SSSR count). The van der Waals surface area contributed by atoms with Crippen molar-refractivity contribution in [3.8, 4) is 11.3 Å². The molecule has 0 unspecified atom stereocenters. The Balaban J connectivity index is 1.47. The van der Waals surface area contributed by atoms with Gasteiger partial charge in [0.05, 0.1) is 18.9 Å². The summed E-state index contributed by atoms with van der Waals surface area (Å²) in [5.74, 6) is -0.148. The van der Waals surface area contributed by atoms with Crippen molar-refractivity contribution in [2.24, 2.45) is 0 Å². The monoisotopic (exact) mass is 462 g/mol. The molecule has 0 bridgehead atoms. The van der Waals surface area contributed by atoms with E-state index >= 15 is 0 Å². The van der Waals surface area contributed by atoms with Gasteiger partial charge in [-0.2, -0.15) is 0 Å². The number of rotatable bonds is 7. The Kier molecular flexibility index (Phi) is 7.11. The minimum absolute atomic E-state index is 0.111. The smallest absolute Gasteiger partial charge is 0.275 e. The molecule has 1 amide bonds. The minimum atomic E-state index is -0.148. The summed E-state index contributed by atoms with van der Waals surface area (Å²) in [7, 11) is 0. The maximum Gasteiger partial charge on any atom is 0.275 e. The normalized spacial score (nSPS) is 17.8. The number of benzene rings is 1. The van der Waals surface area contributed by atoms with Crippen molar-refractivity contribution in [2.45, 2.75) is 51.1 Å². The molecule has 3 heterocycles. The van der Waals surface area contributed by atoms with Crippen LogP contribution in [-0.2, 0) is 11.3 Å². The van der Waals surface area contributed by atoms with Gasteiger partial charge in [0.1, 0.15) is 11.2 Å². The Morgan fingerprint density at radius 2 is 1.74 bits per heavy atom. The molecule has 1 saturated heterocycles. The summed E-state index contributed by atoms with van der Waals surface area (Å²) in [6.07, 6.45) is 8.20. The summed E-state index contributed by atoms with van der Waals surface area (Å²) < 4.78 is 9.00. The Morgan fingerprint density at radius 1 is 0.971 bits per heavy atom. The van der Waals surface area contributed by atoms with E-state index in [9.17, 15) is 9.59 Å². The van der Waals surface area contributed by atoms with Crippen molar-refractivity contribution in [2.75, 3.05) is 32.8 Å². The Hall–Kier alpha value is -2.90. The third-order valence-corrected chi connectivity index (χ3v) is 7.13. The molecular weight excluding hydrogens is 428 g/mol. The molecule has 2 aromatic heterocycles. The average molecular weight is 463 g/mol. The second-order valence-electron chi connectivity index (χ2n) is 9.43. The summed E-state index contributed by atoms with van der Waals surface area (Å²) in [4.78, 5) is 29.4. The first-order valence-electron chi connectivity index (χ1n) is 12.6. The molecule has 7 nitrogen and oxygen atoms in total. The second-order valence-corrected chi connectivity index (χ2v) is 9.43. The number of hydrogen-bond donors (Lipinski definition) is 1. The fourth-order valence-corrected chi connectivity index (χ4v) is 5.23. The molecule has 1 aliphatic carbocycles. The van der Waals surface area contributed by atoms with Gasteiger partial charge in [0, 0.05) is 38.4 Å². The molecule has 1 aromatic carbocycles. The third kappa shape index (κ3) is 4.95. The molecule has 1 N–H and O–H groups in total. The van der Waals surface area contributed by atoms with Gasteiger partial charge in [-0.25, -0.2) is 0 Å². The van der Waals surface area contributed by atoms with Crippen molar-refractivity contribution < 1.29 is 9.53 Å². The molecule has 0 radical (unpaired) electrons. The number of nitrogens with zero attached hydrogens (tertiary/aromatic N) is 3. The number of aromatic nitrogens is 2. The Morgan fingerprint density at radius 3 is 2.50 bits per heavy atom. The number of amides is 1. The van der Waals surface area contributed by atoms with Crippen LogP contribution in [0.15, 0.2) is 53.5 Å². The Labute approximate surface area is 200 Å². The van der Waals surface area contributed by atoms with Crippen LogP contribution in [0.25, 0.3) is 16.8 Å². The van der Waals surface area contributed by atoms with Crippen molar-refractivity contribution in [1.82, 2.24) is 19.2 Å². The molecule has 2 fully saturated rings. The highest BCUT2D eigenvalue weighted by Crippen LogP contribution is 2.22. The van der Waals surface area contributed by atoms with Crippen molar-refractivity contribution in [1.29, 1.82) is 0 Å². The zero-order valence-electron chi connectivity index (χ0n) is 19.7. The SMILES string of the molecule is O=C(NC1CCCCC1)c1cn2c(-c3ccccc3)ccc2c(=O)n1CCCN1CCOCC1. The van der Waals surface area contributed by atoms with E-state index in [1.165, 1.54) is 6.42 Å². The quantitative estimate of drug-likeness (QED) is 0.583. The number of nitrogens with one attached hydrogen (secondary N) is 1. The summed E-state index contributed by atoms with van der Waals surface area (Å²) in [6.45, 7) is 4.76. The highest BCUT2D eigenvalue weighted by atomic mass is 16.5. The lowest BCUT2D eigenvalue weighted by Gasteiger charge is -2.27. The van der Waals surface area contributed by atoms with E-state index in [2.05, 4.69) is 10.2 Å². The summed E-state index contributed by atoms with van der Waals surface area (Å²) in [5.41, 5.74) is 2.86. The number of carbonyl (C=O) groups excluding carboxylic acids is 1. The average Bonchev–Trinajstić information content (AvgIpc) is 3.31. The highest BCUT2D eigenvalue weighted by Gasteiger charge is 2.22. The predicted octanol–water partition coefficient (Wildman–Crippen LogP) is 3.55. The first kappa shape index (κ1) is 22.9. The number of hydrogen-bond acceptors (Lipinski definition) is 4. The lowest BCUT2D eigenvalue weighted by Crippen LogP contribution is -2.40. The van der Waals surface area contributed by atoms with Crippen molar-refractivity contribution >= 4 is 11.4 Å². The van der Waals surface area contributed by atoms with E-state index in [1.54, 1.807) is 4.57 Å². The maximum absolute atomic E-state index is 13.6. The molecule has 7 heteroatoms. The topological polar surface area (TPSA) is 68.0 Å². The van der Waals surface area contributed by atoms with E-state index < -0.39 is 0 Å². The number of carbonyl (C=O) groups is 1. The standard InChI is InChI=1S/C27H34N4O3/c32-26(28-22-10-5-2-6-11-22)25-20-31-23(21-8-3-1-4-9-21)12-13-24(31)27(33)30(25)15-7-14-29-16-18-34-19-17-29/h1,3-4,8-9,12-13,20,22H,2,5-7,10-11,14-19H2,(H,28,32). The Bertz CT molecular complexity index is 1170. The van der Waals surface area contributed by atoms with Crippen LogP contribution >= 0.6 is 0 Å².